The first-order valence-electron chi connectivity index (χ1n) is 7.06. The molecule has 0 spiro atoms. The fourth-order valence-electron chi connectivity index (χ4n) is 1.88. The Bertz CT molecular complexity index is 692. The lowest BCUT2D eigenvalue weighted by atomic mass is 10.2. The van der Waals surface area contributed by atoms with Crippen molar-refractivity contribution in [3.8, 4) is 0 Å². The maximum absolute atomic E-state index is 12.1. The average molecular weight is 353 g/mol. The molecule has 0 atom stereocenters. The van der Waals surface area contributed by atoms with Crippen molar-refractivity contribution in [3.05, 3.63) is 52.3 Å². The van der Waals surface area contributed by atoms with Crippen molar-refractivity contribution in [1.29, 1.82) is 0 Å². The summed E-state index contributed by atoms with van der Waals surface area (Å²) in [6.45, 7) is 1.35. The van der Waals surface area contributed by atoms with Gasteiger partial charge in [0.25, 0.3) is 5.91 Å². The van der Waals surface area contributed by atoms with Gasteiger partial charge < -0.3 is 15.5 Å². The highest BCUT2D eigenvalue weighted by Crippen LogP contribution is 2.28. The molecule has 7 heteroatoms. The monoisotopic (exact) mass is 352 g/mol. The number of likely N-dealkylation sites (N-methyl/N-ethyl adjacent to an activating group) is 1. The standard InChI is InChI=1S/C16H18Cl2N4O/c1-22(2)6-5-20-16(23)11-7-13(10-19-9-11)21-15-8-12(17)3-4-14(15)18/h3-4,7-10,21H,5-6H2,1-2H3,(H,20,23). The van der Waals surface area contributed by atoms with Crippen molar-refractivity contribution in [2.75, 3.05) is 32.5 Å². The van der Waals surface area contributed by atoms with Gasteiger partial charge >= 0.3 is 0 Å². The predicted octanol–water partition coefficient (Wildman–Crippen LogP) is 3.42. The summed E-state index contributed by atoms with van der Waals surface area (Å²) in [6.07, 6.45) is 3.14. The van der Waals surface area contributed by atoms with Gasteiger partial charge in [0, 0.05) is 24.3 Å². The first-order chi connectivity index (χ1) is 11.0. The van der Waals surface area contributed by atoms with E-state index in [-0.39, 0.29) is 5.91 Å². The number of amides is 1. The molecule has 0 saturated carbocycles. The number of rotatable bonds is 6. The van der Waals surface area contributed by atoms with Crippen molar-refractivity contribution in [1.82, 2.24) is 15.2 Å². The molecule has 0 aliphatic heterocycles. The third-order valence-corrected chi connectivity index (χ3v) is 3.62. The molecule has 0 bridgehead atoms. The van der Waals surface area contributed by atoms with Crippen molar-refractivity contribution in [2.45, 2.75) is 0 Å². The third kappa shape index (κ3) is 5.39. The number of anilines is 2. The van der Waals surface area contributed by atoms with Crippen molar-refractivity contribution < 1.29 is 4.79 Å². The van der Waals surface area contributed by atoms with Crippen molar-refractivity contribution in [3.63, 3.8) is 0 Å². The molecule has 23 heavy (non-hydrogen) atoms. The zero-order chi connectivity index (χ0) is 16.8. The number of carbonyl (C=O) groups excluding carboxylic acids is 1. The Morgan fingerprint density at radius 3 is 2.74 bits per heavy atom. The molecule has 1 aromatic carbocycles. The highest BCUT2D eigenvalue weighted by atomic mass is 35.5. The van der Waals surface area contributed by atoms with E-state index in [9.17, 15) is 4.79 Å². The molecule has 0 aliphatic rings. The van der Waals surface area contributed by atoms with Gasteiger partial charge in [-0.25, -0.2) is 0 Å². The summed E-state index contributed by atoms with van der Waals surface area (Å²) in [4.78, 5) is 18.2. The molecule has 122 valence electrons. The van der Waals surface area contributed by atoms with E-state index in [0.717, 1.165) is 6.54 Å². The van der Waals surface area contributed by atoms with Gasteiger partial charge in [-0.1, -0.05) is 23.2 Å². The predicted molar refractivity (Wildman–Crippen MR) is 94.9 cm³/mol. The van der Waals surface area contributed by atoms with Crippen LogP contribution in [-0.2, 0) is 0 Å². The lowest BCUT2D eigenvalue weighted by molar-refractivity contribution is 0.0950. The van der Waals surface area contributed by atoms with Crippen LogP contribution in [0.3, 0.4) is 0 Å². The summed E-state index contributed by atoms with van der Waals surface area (Å²) in [5.41, 5.74) is 1.80. The molecule has 1 aromatic heterocycles. The molecule has 0 saturated heterocycles. The first-order valence-corrected chi connectivity index (χ1v) is 7.81. The number of aromatic nitrogens is 1. The molecular formula is C16H18Cl2N4O. The lowest BCUT2D eigenvalue weighted by Gasteiger charge is -2.12. The summed E-state index contributed by atoms with van der Waals surface area (Å²) in [5, 5.41) is 7.07. The van der Waals surface area contributed by atoms with E-state index in [0.29, 0.717) is 33.5 Å². The Balaban J connectivity index is 2.07. The largest absolute Gasteiger partial charge is 0.353 e. The van der Waals surface area contributed by atoms with E-state index in [2.05, 4.69) is 15.6 Å². The van der Waals surface area contributed by atoms with Crippen LogP contribution in [-0.4, -0.2) is 43.0 Å². The van der Waals surface area contributed by atoms with Crippen molar-refractivity contribution >= 4 is 40.5 Å². The minimum Gasteiger partial charge on any atom is -0.353 e. The van der Waals surface area contributed by atoms with Gasteiger partial charge in [-0.05, 0) is 38.4 Å². The Kier molecular flexibility index (Phi) is 6.21. The number of carbonyl (C=O) groups is 1. The third-order valence-electron chi connectivity index (χ3n) is 3.05. The SMILES string of the molecule is CN(C)CCNC(=O)c1cncc(Nc2cc(Cl)ccc2Cl)c1. The van der Waals surface area contributed by atoms with E-state index in [1.165, 1.54) is 6.20 Å². The van der Waals surface area contributed by atoms with Crippen LogP contribution in [0.2, 0.25) is 10.0 Å². The van der Waals surface area contributed by atoms with Crippen LogP contribution in [0, 0.1) is 0 Å². The molecule has 2 rings (SSSR count). The van der Waals surface area contributed by atoms with Gasteiger partial charge in [0.05, 0.1) is 28.2 Å². The molecule has 2 N–H and O–H groups in total. The van der Waals surface area contributed by atoms with Crippen LogP contribution < -0.4 is 10.6 Å². The highest BCUT2D eigenvalue weighted by molar-refractivity contribution is 6.35. The summed E-state index contributed by atoms with van der Waals surface area (Å²) in [5.74, 6) is -0.166. The molecule has 2 aromatic rings. The second-order valence-corrected chi connectivity index (χ2v) is 6.11. The zero-order valence-electron chi connectivity index (χ0n) is 12.9. The molecule has 0 fully saturated rings. The Labute approximate surface area is 145 Å². The second kappa shape index (κ2) is 8.15. The number of benzene rings is 1. The Hall–Kier alpha value is -1.82. The maximum Gasteiger partial charge on any atom is 0.252 e. The molecule has 1 amide bonds. The maximum atomic E-state index is 12.1. The van der Waals surface area contributed by atoms with Crippen LogP contribution in [0.1, 0.15) is 10.4 Å². The topological polar surface area (TPSA) is 57.3 Å². The molecular weight excluding hydrogens is 335 g/mol. The van der Waals surface area contributed by atoms with E-state index < -0.39 is 0 Å². The van der Waals surface area contributed by atoms with E-state index in [4.69, 9.17) is 23.2 Å². The first kappa shape index (κ1) is 17.5. The van der Waals surface area contributed by atoms with Crippen LogP contribution in [0.15, 0.2) is 36.7 Å². The molecule has 0 radical (unpaired) electrons. The van der Waals surface area contributed by atoms with Crippen LogP contribution in [0.5, 0.6) is 0 Å². The van der Waals surface area contributed by atoms with Gasteiger partial charge in [-0.3, -0.25) is 9.78 Å². The van der Waals surface area contributed by atoms with Gasteiger partial charge in [0.2, 0.25) is 0 Å². The summed E-state index contributed by atoms with van der Waals surface area (Å²) >= 11 is 12.1. The lowest BCUT2D eigenvalue weighted by Crippen LogP contribution is -2.31. The Morgan fingerprint density at radius 1 is 1.22 bits per heavy atom. The van der Waals surface area contributed by atoms with Gasteiger partial charge in [0.1, 0.15) is 0 Å². The highest BCUT2D eigenvalue weighted by Gasteiger charge is 2.08. The molecule has 1 heterocycles. The van der Waals surface area contributed by atoms with Gasteiger partial charge in [0.15, 0.2) is 0 Å². The zero-order valence-corrected chi connectivity index (χ0v) is 14.4. The van der Waals surface area contributed by atoms with Crippen LogP contribution >= 0.6 is 23.2 Å². The van der Waals surface area contributed by atoms with E-state index in [1.54, 1.807) is 30.5 Å². The normalized spacial score (nSPS) is 10.7. The van der Waals surface area contributed by atoms with Crippen molar-refractivity contribution in [2.24, 2.45) is 0 Å². The number of hydrogen-bond donors (Lipinski definition) is 2. The second-order valence-electron chi connectivity index (χ2n) is 5.27. The van der Waals surface area contributed by atoms with Gasteiger partial charge in [-0.2, -0.15) is 0 Å². The van der Waals surface area contributed by atoms with Gasteiger partial charge in [-0.15, -0.1) is 0 Å². The fraction of sp³-hybridized carbons (Fsp3) is 0.250. The quantitative estimate of drug-likeness (QED) is 0.836. The molecule has 5 nitrogen and oxygen atoms in total. The number of pyridine rings is 1. The Morgan fingerprint density at radius 2 is 2.00 bits per heavy atom. The average Bonchev–Trinajstić information content (AvgIpc) is 2.51. The molecule has 0 aliphatic carbocycles. The minimum absolute atomic E-state index is 0.166. The minimum atomic E-state index is -0.166. The summed E-state index contributed by atoms with van der Waals surface area (Å²) < 4.78 is 0. The fourth-order valence-corrected chi connectivity index (χ4v) is 2.21. The molecule has 0 unspecified atom stereocenters. The smallest absolute Gasteiger partial charge is 0.252 e. The summed E-state index contributed by atoms with van der Waals surface area (Å²) in [6, 6.07) is 6.85. The number of nitrogens with one attached hydrogen (secondary N) is 2. The number of nitrogens with zero attached hydrogens (tertiary/aromatic N) is 2. The van der Waals surface area contributed by atoms with Crippen LogP contribution in [0.4, 0.5) is 11.4 Å². The number of hydrogen-bond acceptors (Lipinski definition) is 4. The van der Waals surface area contributed by atoms with E-state index >= 15 is 0 Å². The van der Waals surface area contributed by atoms with Crippen LogP contribution in [0.25, 0.3) is 0 Å². The number of halogens is 2. The summed E-state index contributed by atoms with van der Waals surface area (Å²) in [7, 11) is 3.90. The van der Waals surface area contributed by atoms with E-state index in [1.807, 2.05) is 19.0 Å².